The molecule has 0 spiro atoms. The van der Waals surface area contributed by atoms with E-state index in [0.29, 0.717) is 36.4 Å². The van der Waals surface area contributed by atoms with E-state index in [4.69, 9.17) is 4.74 Å². The van der Waals surface area contributed by atoms with Crippen LogP contribution in [0.1, 0.15) is 65.2 Å². The van der Waals surface area contributed by atoms with Crippen molar-refractivity contribution in [1.82, 2.24) is 0 Å². The van der Waals surface area contributed by atoms with Crippen LogP contribution in [0.4, 0.5) is 0 Å². The van der Waals surface area contributed by atoms with Crippen LogP contribution in [-0.4, -0.2) is 17.4 Å². The van der Waals surface area contributed by atoms with Gasteiger partial charge in [-0.15, -0.1) is 0 Å². The fraction of sp³-hybridized carbons (Fsp3) is 0.789. The van der Waals surface area contributed by atoms with Gasteiger partial charge in [0.25, 0.3) is 0 Å². The lowest BCUT2D eigenvalue weighted by Crippen LogP contribution is -2.56. The summed E-state index contributed by atoms with van der Waals surface area (Å²) in [4.78, 5) is 23.5. The Labute approximate surface area is 132 Å². The smallest absolute Gasteiger partial charge is 0.306 e. The number of esters is 1. The summed E-state index contributed by atoms with van der Waals surface area (Å²) in [6.07, 6.45) is 9.60. The van der Waals surface area contributed by atoms with Crippen LogP contribution in [0.2, 0.25) is 0 Å². The number of fused-ring (bicyclic) bond motifs is 5. The van der Waals surface area contributed by atoms with E-state index in [1.807, 2.05) is 6.08 Å². The third kappa shape index (κ3) is 1.93. The SMILES string of the molecule is C[C@@]12CC[C@H]3[C@H](CCC4=CC(=O)CC[C@]43C)[C@H]1CCC(=O)O2. The van der Waals surface area contributed by atoms with E-state index in [9.17, 15) is 9.59 Å². The number of ether oxygens (including phenoxy) is 1. The minimum atomic E-state index is -0.238. The van der Waals surface area contributed by atoms with E-state index >= 15 is 0 Å². The summed E-state index contributed by atoms with van der Waals surface area (Å²) in [5.74, 6) is 2.14. The molecule has 0 aromatic carbocycles. The quantitative estimate of drug-likeness (QED) is 0.639. The second-order valence-corrected chi connectivity index (χ2v) is 8.33. The molecule has 1 saturated heterocycles. The molecule has 0 aromatic heterocycles. The van der Waals surface area contributed by atoms with Gasteiger partial charge in [-0.1, -0.05) is 12.5 Å². The summed E-state index contributed by atoms with van der Waals surface area (Å²) in [6, 6.07) is 0. The molecule has 3 fully saturated rings. The highest BCUT2D eigenvalue weighted by Gasteiger charge is 2.57. The molecular formula is C19H26O3. The van der Waals surface area contributed by atoms with Crippen LogP contribution in [0.3, 0.4) is 0 Å². The fourth-order valence-corrected chi connectivity index (χ4v) is 6.08. The van der Waals surface area contributed by atoms with Crippen LogP contribution < -0.4 is 0 Å². The van der Waals surface area contributed by atoms with Crippen LogP contribution in [0.15, 0.2) is 11.6 Å². The van der Waals surface area contributed by atoms with E-state index < -0.39 is 0 Å². The van der Waals surface area contributed by atoms with E-state index in [-0.39, 0.29) is 17.0 Å². The van der Waals surface area contributed by atoms with Crippen LogP contribution in [0, 0.1) is 23.2 Å². The molecule has 5 atom stereocenters. The zero-order valence-electron chi connectivity index (χ0n) is 13.7. The van der Waals surface area contributed by atoms with Crippen molar-refractivity contribution < 1.29 is 14.3 Å². The molecule has 3 nitrogen and oxygen atoms in total. The van der Waals surface area contributed by atoms with Crippen molar-refractivity contribution in [2.24, 2.45) is 23.2 Å². The van der Waals surface area contributed by atoms with Gasteiger partial charge < -0.3 is 4.74 Å². The number of rotatable bonds is 0. The maximum atomic E-state index is 11.8. The highest BCUT2D eigenvalue weighted by Crippen LogP contribution is 2.61. The molecule has 0 unspecified atom stereocenters. The molecular weight excluding hydrogens is 276 g/mol. The molecule has 22 heavy (non-hydrogen) atoms. The van der Waals surface area contributed by atoms with Crippen LogP contribution in [0.5, 0.6) is 0 Å². The zero-order valence-corrected chi connectivity index (χ0v) is 13.7. The first-order valence-electron chi connectivity index (χ1n) is 8.88. The van der Waals surface area contributed by atoms with Crippen LogP contribution in [0.25, 0.3) is 0 Å². The van der Waals surface area contributed by atoms with E-state index in [1.165, 1.54) is 5.57 Å². The Morgan fingerprint density at radius 2 is 1.82 bits per heavy atom. The van der Waals surface area contributed by atoms with E-state index in [2.05, 4.69) is 13.8 Å². The minimum absolute atomic E-state index is 0.0110. The molecule has 0 radical (unpaired) electrons. The van der Waals surface area contributed by atoms with Crippen molar-refractivity contribution in [3.05, 3.63) is 11.6 Å². The Hall–Kier alpha value is -1.12. The number of hydrogen-bond acceptors (Lipinski definition) is 3. The summed E-state index contributed by atoms with van der Waals surface area (Å²) in [5, 5.41) is 0. The summed E-state index contributed by atoms with van der Waals surface area (Å²) in [5.41, 5.74) is 1.37. The molecule has 2 saturated carbocycles. The summed E-state index contributed by atoms with van der Waals surface area (Å²) >= 11 is 0. The van der Waals surface area contributed by atoms with Crippen LogP contribution in [-0.2, 0) is 14.3 Å². The predicted octanol–water partition coefficient (Wildman–Crippen LogP) is 3.81. The first-order chi connectivity index (χ1) is 10.4. The van der Waals surface area contributed by atoms with Crippen molar-refractivity contribution in [3.8, 4) is 0 Å². The molecule has 1 aliphatic heterocycles. The lowest BCUT2D eigenvalue weighted by atomic mass is 9.48. The third-order valence-corrected chi connectivity index (χ3v) is 7.30. The number of allylic oxidation sites excluding steroid dienone is 2. The number of carbonyl (C=O) groups is 2. The lowest BCUT2D eigenvalue weighted by Gasteiger charge is -2.59. The molecule has 0 aromatic rings. The monoisotopic (exact) mass is 302 g/mol. The Kier molecular flexibility index (Phi) is 3.08. The number of carbonyl (C=O) groups excluding carboxylic acids is 2. The Morgan fingerprint density at radius 3 is 2.64 bits per heavy atom. The Bertz CT molecular complexity index is 563. The molecule has 4 rings (SSSR count). The van der Waals surface area contributed by atoms with Gasteiger partial charge in [0.05, 0.1) is 0 Å². The molecule has 0 amide bonds. The second kappa shape index (κ2) is 4.69. The summed E-state index contributed by atoms with van der Waals surface area (Å²) < 4.78 is 5.81. The van der Waals surface area contributed by atoms with Crippen molar-refractivity contribution in [2.45, 2.75) is 70.8 Å². The molecule has 3 aliphatic carbocycles. The van der Waals surface area contributed by atoms with E-state index in [0.717, 1.165) is 38.5 Å². The average molecular weight is 302 g/mol. The lowest BCUT2D eigenvalue weighted by molar-refractivity contribution is -0.194. The van der Waals surface area contributed by atoms with Crippen molar-refractivity contribution in [2.75, 3.05) is 0 Å². The zero-order chi connectivity index (χ0) is 15.5. The summed E-state index contributed by atoms with van der Waals surface area (Å²) in [6.45, 7) is 4.54. The fourth-order valence-electron chi connectivity index (χ4n) is 6.08. The van der Waals surface area contributed by atoms with Gasteiger partial charge in [0.2, 0.25) is 0 Å². The van der Waals surface area contributed by atoms with Gasteiger partial charge in [0, 0.05) is 18.8 Å². The highest BCUT2D eigenvalue weighted by molar-refractivity contribution is 5.91. The standard InChI is InChI=1S/C19H26O3/c1-18-9-7-13(20)11-12(18)3-4-14-15(18)8-10-19(2)16(14)5-6-17(21)22-19/h11,14-16H,3-10H2,1-2H3/t14-,15-,16+,18+,19+/m0/s1. The number of ketones is 1. The number of hydrogen-bond donors (Lipinski definition) is 0. The van der Waals surface area contributed by atoms with Crippen molar-refractivity contribution >= 4 is 11.8 Å². The van der Waals surface area contributed by atoms with Gasteiger partial charge in [-0.25, -0.2) is 0 Å². The normalized spacial score (nSPS) is 47.7. The second-order valence-electron chi connectivity index (χ2n) is 8.33. The third-order valence-electron chi connectivity index (χ3n) is 7.30. The van der Waals surface area contributed by atoms with Gasteiger partial charge >= 0.3 is 5.97 Å². The van der Waals surface area contributed by atoms with Gasteiger partial charge in [-0.05, 0) is 68.8 Å². The molecule has 4 aliphatic rings. The maximum Gasteiger partial charge on any atom is 0.306 e. The Balaban J connectivity index is 1.67. The summed E-state index contributed by atoms with van der Waals surface area (Å²) in [7, 11) is 0. The van der Waals surface area contributed by atoms with Gasteiger partial charge in [0.1, 0.15) is 5.60 Å². The molecule has 0 bridgehead atoms. The molecule has 1 heterocycles. The van der Waals surface area contributed by atoms with Gasteiger partial charge in [0.15, 0.2) is 5.78 Å². The largest absolute Gasteiger partial charge is 0.459 e. The minimum Gasteiger partial charge on any atom is -0.459 e. The topological polar surface area (TPSA) is 43.4 Å². The van der Waals surface area contributed by atoms with Crippen molar-refractivity contribution in [3.63, 3.8) is 0 Å². The Morgan fingerprint density at radius 1 is 1.00 bits per heavy atom. The average Bonchev–Trinajstić information content (AvgIpc) is 2.46. The highest BCUT2D eigenvalue weighted by atomic mass is 16.6. The molecule has 120 valence electrons. The van der Waals surface area contributed by atoms with E-state index in [1.54, 1.807) is 0 Å². The van der Waals surface area contributed by atoms with Crippen LogP contribution >= 0.6 is 0 Å². The van der Waals surface area contributed by atoms with Gasteiger partial charge in [-0.2, -0.15) is 0 Å². The van der Waals surface area contributed by atoms with Gasteiger partial charge in [-0.3, -0.25) is 9.59 Å². The first-order valence-corrected chi connectivity index (χ1v) is 8.88. The molecule has 3 heteroatoms. The maximum absolute atomic E-state index is 11.8. The first kappa shape index (κ1) is 14.5. The van der Waals surface area contributed by atoms with Crippen molar-refractivity contribution in [1.29, 1.82) is 0 Å². The molecule has 0 N–H and O–H groups in total. The predicted molar refractivity (Wildman–Crippen MR) is 83.1 cm³/mol.